The average Bonchev–Trinajstić information content (AvgIpc) is 3.24. The van der Waals surface area contributed by atoms with Gasteiger partial charge in [0.1, 0.15) is 0 Å². The van der Waals surface area contributed by atoms with Crippen molar-refractivity contribution in [3.8, 4) is 11.5 Å². The van der Waals surface area contributed by atoms with E-state index in [1.54, 1.807) is 18.6 Å². The first-order valence-electron chi connectivity index (χ1n) is 7.86. The van der Waals surface area contributed by atoms with E-state index in [4.69, 9.17) is 4.52 Å². The lowest BCUT2D eigenvalue weighted by Crippen LogP contribution is -2.22. The molecule has 0 radical (unpaired) electrons. The van der Waals surface area contributed by atoms with Crippen LogP contribution in [0.3, 0.4) is 0 Å². The molecule has 7 heteroatoms. The number of nitrogens with zero attached hydrogens (tertiary/aromatic N) is 5. The van der Waals surface area contributed by atoms with E-state index >= 15 is 0 Å². The molecule has 0 amide bonds. The molecule has 7 nitrogen and oxygen atoms in total. The summed E-state index contributed by atoms with van der Waals surface area (Å²) < 4.78 is 5.35. The maximum atomic E-state index is 10.3. The summed E-state index contributed by atoms with van der Waals surface area (Å²) in [7, 11) is 0. The summed E-state index contributed by atoms with van der Waals surface area (Å²) in [5.41, 5.74) is 1.76. The van der Waals surface area contributed by atoms with Gasteiger partial charge >= 0.3 is 0 Å². The lowest BCUT2D eigenvalue weighted by molar-refractivity contribution is 0.147. The predicted molar refractivity (Wildman–Crippen MR) is 87.2 cm³/mol. The first-order valence-corrected chi connectivity index (χ1v) is 7.86. The lowest BCUT2D eigenvalue weighted by Gasteiger charge is -2.12. The van der Waals surface area contributed by atoms with Crippen LogP contribution in [0.15, 0.2) is 53.4 Å². The Morgan fingerprint density at radius 3 is 2.83 bits per heavy atom. The monoisotopic (exact) mass is 323 g/mol. The largest absolute Gasteiger partial charge is 0.391 e. The molecule has 0 aliphatic carbocycles. The third-order valence-corrected chi connectivity index (χ3v) is 4.21. The van der Waals surface area contributed by atoms with Crippen LogP contribution in [-0.4, -0.2) is 44.4 Å². The van der Waals surface area contributed by atoms with Gasteiger partial charge in [0.05, 0.1) is 11.8 Å². The molecule has 1 fully saturated rings. The number of aromatic nitrogens is 4. The number of benzene rings is 1. The predicted octanol–water partition coefficient (Wildman–Crippen LogP) is 1.57. The first-order chi connectivity index (χ1) is 11.8. The highest BCUT2D eigenvalue weighted by Gasteiger charge is 2.34. The topological polar surface area (TPSA) is 88.2 Å². The Morgan fingerprint density at radius 2 is 2.04 bits per heavy atom. The van der Waals surface area contributed by atoms with Crippen molar-refractivity contribution < 1.29 is 9.63 Å². The Kier molecular flexibility index (Phi) is 3.92. The molecule has 0 saturated carbocycles. The minimum atomic E-state index is -0.453. The SMILES string of the molecule is O[C@@H]1CN(c2noc(-c3ccccc3)n2)C[C@H]1Cc1cnccn1. The highest BCUT2D eigenvalue weighted by molar-refractivity contribution is 5.54. The normalized spacial score (nSPS) is 20.5. The quantitative estimate of drug-likeness (QED) is 0.779. The van der Waals surface area contributed by atoms with Gasteiger partial charge in [-0.3, -0.25) is 9.97 Å². The molecule has 3 aromatic rings. The summed E-state index contributed by atoms with van der Waals surface area (Å²) >= 11 is 0. The van der Waals surface area contributed by atoms with E-state index in [0.717, 1.165) is 11.3 Å². The van der Waals surface area contributed by atoms with Gasteiger partial charge in [0.15, 0.2) is 0 Å². The third-order valence-electron chi connectivity index (χ3n) is 4.21. The van der Waals surface area contributed by atoms with E-state index in [0.29, 0.717) is 31.3 Å². The van der Waals surface area contributed by atoms with Crippen LogP contribution in [0.25, 0.3) is 11.5 Å². The Hall–Kier alpha value is -2.80. The molecule has 1 aliphatic heterocycles. The molecule has 2 aromatic heterocycles. The van der Waals surface area contributed by atoms with Gasteiger partial charge in [0.2, 0.25) is 0 Å². The summed E-state index contributed by atoms with van der Waals surface area (Å²) in [5, 5.41) is 14.4. The molecule has 0 bridgehead atoms. The maximum absolute atomic E-state index is 10.3. The van der Waals surface area contributed by atoms with Crippen LogP contribution >= 0.6 is 0 Å². The Morgan fingerprint density at radius 1 is 1.17 bits per heavy atom. The molecule has 1 N–H and O–H groups in total. The first kappa shape index (κ1) is 14.8. The minimum absolute atomic E-state index is 0.0698. The zero-order chi connectivity index (χ0) is 16.4. The lowest BCUT2D eigenvalue weighted by atomic mass is 10.0. The van der Waals surface area contributed by atoms with E-state index in [2.05, 4.69) is 20.1 Å². The van der Waals surface area contributed by atoms with Crippen LogP contribution in [0.1, 0.15) is 5.69 Å². The minimum Gasteiger partial charge on any atom is -0.391 e. The highest BCUT2D eigenvalue weighted by Crippen LogP contribution is 2.26. The van der Waals surface area contributed by atoms with Gasteiger partial charge in [-0.1, -0.05) is 18.2 Å². The number of anilines is 1. The summed E-state index contributed by atoms with van der Waals surface area (Å²) in [6, 6.07) is 9.64. The average molecular weight is 323 g/mol. The van der Waals surface area contributed by atoms with Crippen molar-refractivity contribution >= 4 is 5.95 Å². The van der Waals surface area contributed by atoms with Crippen molar-refractivity contribution in [1.29, 1.82) is 0 Å². The third kappa shape index (κ3) is 2.98. The molecule has 1 saturated heterocycles. The van der Waals surface area contributed by atoms with Gasteiger partial charge in [0, 0.05) is 43.2 Å². The second kappa shape index (κ2) is 6.37. The Labute approximate surface area is 139 Å². The second-order valence-corrected chi connectivity index (χ2v) is 5.90. The van der Waals surface area contributed by atoms with Crippen LogP contribution < -0.4 is 4.90 Å². The fourth-order valence-corrected chi connectivity index (χ4v) is 2.96. The molecule has 1 aromatic carbocycles. The highest BCUT2D eigenvalue weighted by atomic mass is 16.5. The van der Waals surface area contributed by atoms with E-state index in [1.807, 2.05) is 35.2 Å². The van der Waals surface area contributed by atoms with Gasteiger partial charge in [-0.2, -0.15) is 4.98 Å². The molecule has 122 valence electrons. The molecular formula is C17H17N5O2. The molecular weight excluding hydrogens is 306 g/mol. The molecule has 24 heavy (non-hydrogen) atoms. The molecule has 0 unspecified atom stereocenters. The molecule has 3 heterocycles. The van der Waals surface area contributed by atoms with Crippen LogP contribution in [0.5, 0.6) is 0 Å². The second-order valence-electron chi connectivity index (χ2n) is 5.90. The standard InChI is InChI=1S/C17H17N5O2/c23-15-11-22(10-13(15)8-14-9-18-6-7-19-14)17-20-16(24-21-17)12-4-2-1-3-5-12/h1-7,9,13,15,23H,8,10-11H2/t13-,15-/m1/s1. The molecule has 0 spiro atoms. The summed E-state index contributed by atoms with van der Waals surface area (Å²) in [6.07, 6.45) is 5.27. The number of rotatable bonds is 4. The van der Waals surface area contributed by atoms with Crippen LogP contribution in [0.4, 0.5) is 5.95 Å². The van der Waals surface area contributed by atoms with Crippen molar-refractivity contribution in [2.75, 3.05) is 18.0 Å². The number of β-amino-alcohol motifs (C(OH)–C–C–N with tert-alkyl or cyclic N) is 1. The zero-order valence-electron chi connectivity index (χ0n) is 13.0. The van der Waals surface area contributed by atoms with Gasteiger partial charge in [-0.25, -0.2) is 0 Å². The van der Waals surface area contributed by atoms with Crippen molar-refractivity contribution in [3.05, 3.63) is 54.6 Å². The van der Waals surface area contributed by atoms with Crippen molar-refractivity contribution in [2.24, 2.45) is 5.92 Å². The number of hydrogen-bond acceptors (Lipinski definition) is 7. The fraction of sp³-hybridized carbons (Fsp3) is 0.294. The Balaban J connectivity index is 1.47. The molecule has 2 atom stereocenters. The van der Waals surface area contributed by atoms with E-state index < -0.39 is 6.10 Å². The smallest absolute Gasteiger partial charge is 0.266 e. The Bertz CT molecular complexity index is 793. The van der Waals surface area contributed by atoms with E-state index in [9.17, 15) is 5.11 Å². The summed E-state index contributed by atoms with van der Waals surface area (Å²) in [4.78, 5) is 14.7. The number of aliphatic hydroxyl groups is 1. The van der Waals surface area contributed by atoms with Crippen molar-refractivity contribution in [3.63, 3.8) is 0 Å². The van der Waals surface area contributed by atoms with Gasteiger partial charge in [0.25, 0.3) is 11.8 Å². The van der Waals surface area contributed by atoms with Gasteiger partial charge in [-0.15, -0.1) is 0 Å². The summed E-state index contributed by atoms with van der Waals surface area (Å²) in [5.74, 6) is 1.06. The fourth-order valence-electron chi connectivity index (χ4n) is 2.96. The van der Waals surface area contributed by atoms with Gasteiger partial charge in [-0.05, 0) is 23.7 Å². The van der Waals surface area contributed by atoms with Crippen molar-refractivity contribution in [2.45, 2.75) is 12.5 Å². The van der Waals surface area contributed by atoms with E-state index in [-0.39, 0.29) is 5.92 Å². The van der Waals surface area contributed by atoms with Crippen LogP contribution in [0.2, 0.25) is 0 Å². The molecule has 1 aliphatic rings. The zero-order valence-corrected chi connectivity index (χ0v) is 13.0. The van der Waals surface area contributed by atoms with E-state index in [1.165, 1.54) is 0 Å². The van der Waals surface area contributed by atoms with Crippen molar-refractivity contribution in [1.82, 2.24) is 20.1 Å². The maximum Gasteiger partial charge on any atom is 0.266 e. The summed E-state index contributed by atoms with van der Waals surface area (Å²) in [6.45, 7) is 1.14. The number of hydrogen-bond donors (Lipinski definition) is 1. The molecule has 4 rings (SSSR count). The van der Waals surface area contributed by atoms with Crippen LogP contribution in [0, 0.1) is 5.92 Å². The van der Waals surface area contributed by atoms with Gasteiger partial charge < -0.3 is 14.5 Å². The number of aliphatic hydroxyl groups excluding tert-OH is 1. The van der Waals surface area contributed by atoms with Crippen LogP contribution in [-0.2, 0) is 6.42 Å².